The van der Waals surface area contributed by atoms with Crippen molar-refractivity contribution in [2.24, 2.45) is 46.3 Å². The summed E-state index contributed by atoms with van der Waals surface area (Å²) in [7, 11) is 0. The van der Waals surface area contributed by atoms with Gasteiger partial charge >= 0.3 is 0 Å². The van der Waals surface area contributed by atoms with Gasteiger partial charge in [0, 0.05) is 0 Å². The first kappa shape index (κ1) is 24.3. The molecule has 8 atom stereocenters. The van der Waals surface area contributed by atoms with Gasteiger partial charge in [-0.05, 0) is 104 Å². The second-order valence-corrected chi connectivity index (χ2v) is 11.0. The Bertz CT molecular complexity index is 453. The maximum Gasteiger partial charge on any atom is -0.0266 e. The van der Waals surface area contributed by atoms with Gasteiger partial charge < -0.3 is 0 Å². The fraction of sp³-hybridized carbons (Fsp3) is 1.00. The predicted molar refractivity (Wildman–Crippen MR) is 127 cm³/mol. The van der Waals surface area contributed by atoms with Gasteiger partial charge in [0.1, 0.15) is 0 Å². The van der Waals surface area contributed by atoms with Crippen molar-refractivity contribution in [2.45, 2.75) is 132 Å². The molecule has 0 nitrogen and oxygen atoms in total. The van der Waals surface area contributed by atoms with Crippen LogP contribution in [0.5, 0.6) is 0 Å². The summed E-state index contributed by atoms with van der Waals surface area (Å²) in [5.41, 5.74) is 1.42. The van der Waals surface area contributed by atoms with Crippen LogP contribution in [-0.4, -0.2) is 0 Å². The summed E-state index contributed by atoms with van der Waals surface area (Å²) in [5, 5.41) is 0. The fourth-order valence-corrected chi connectivity index (χ4v) is 8.51. The molecule has 4 aliphatic carbocycles. The molecule has 0 aromatic carbocycles. The summed E-state index contributed by atoms with van der Waals surface area (Å²) in [4.78, 5) is 0. The lowest BCUT2D eigenvalue weighted by molar-refractivity contribution is -0.117. The second kappa shape index (κ2) is 10.3. The van der Waals surface area contributed by atoms with E-state index in [4.69, 9.17) is 0 Å². The number of hydrogen-bond donors (Lipinski definition) is 0. The third kappa shape index (κ3) is 4.23. The predicted octanol–water partition coefficient (Wildman–Crippen LogP) is 9.52. The Balaban J connectivity index is 0.000000660. The first-order valence-corrected chi connectivity index (χ1v) is 13.5. The zero-order valence-corrected chi connectivity index (χ0v) is 20.9. The molecule has 0 bridgehead atoms. The van der Waals surface area contributed by atoms with E-state index in [1.807, 2.05) is 27.7 Å². The molecule has 5 unspecified atom stereocenters. The minimum atomic E-state index is 0.707. The molecule has 0 amide bonds. The molecule has 166 valence electrons. The van der Waals surface area contributed by atoms with Crippen LogP contribution in [0.2, 0.25) is 0 Å². The lowest BCUT2D eigenvalue weighted by Crippen LogP contribution is -2.53. The highest BCUT2D eigenvalue weighted by molar-refractivity contribution is 5.08. The summed E-state index contributed by atoms with van der Waals surface area (Å²) >= 11 is 0. The average Bonchev–Trinajstić information content (AvgIpc) is 3.06. The van der Waals surface area contributed by atoms with E-state index in [0.29, 0.717) is 10.8 Å². The van der Waals surface area contributed by atoms with E-state index >= 15 is 0 Å². The first-order valence-electron chi connectivity index (χ1n) is 13.5. The van der Waals surface area contributed by atoms with Gasteiger partial charge in [-0.25, -0.2) is 0 Å². The van der Waals surface area contributed by atoms with Crippen molar-refractivity contribution in [1.82, 2.24) is 0 Å². The Morgan fingerprint density at radius 3 is 2.07 bits per heavy atom. The van der Waals surface area contributed by atoms with Crippen molar-refractivity contribution in [1.29, 1.82) is 0 Å². The monoisotopic (exact) mass is 390 g/mol. The van der Waals surface area contributed by atoms with Gasteiger partial charge in [0.2, 0.25) is 0 Å². The summed E-state index contributed by atoms with van der Waals surface area (Å²) in [6, 6.07) is 0. The molecule has 4 aliphatic rings. The van der Waals surface area contributed by atoms with E-state index in [1.54, 1.807) is 51.4 Å². The Morgan fingerprint density at radius 2 is 1.39 bits per heavy atom. The van der Waals surface area contributed by atoms with Crippen LogP contribution in [-0.2, 0) is 0 Å². The molecule has 0 aliphatic heterocycles. The van der Waals surface area contributed by atoms with E-state index < -0.39 is 0 Å². The third-order valence-electron chi connectivity index (χ3n) is 10.0. The van der Waals surface area contributed by atoms with Crippen molar-refractivity contribution in [2.75, 3.05) is 0 Å². The van der Waals surface area contributed by atoms with Gasteiger partial charge in [-0.15, -0.1) is 0 Å². The van der Waals surface area contributed by atoms with Crippen molar-refractivity contribution < 1.29 is 0 Å². The van der Waals surface area contributed by atoms with E-state index in [2.05, 4.69) is 27.7 Å². The van der Waals surface area contributed by atoms with Crippen LogP contribution in [0.4, 0.5) is 0 Å². The minimum absolute atomic E-state index is 0.707. The zero-order valence-electron chi connectivity index (χ0n) is 20.9. The summed E-state index contributed by atoms with van der Waals surface area (Å²) in [6.07, 6.45) is 18.4. The quantitative estimate of drug-likeness (QED) is 0.450. The minimum Gasteiger partial charge on any atom is -0.0683 e. The maximum atomic E-state index is 2.73. The van der Waals surface area contributed by atoms with Gasteiger partial charge in [-0.1, -0.05) is 74.7 Å². The summed E-state index contributed by atoms with van der Waals surface area (Å²) < 4.78 is 0. The Hall–Kier alpha value is 0. The van der Waals surface area contributed by atoms with Crippen LogP contribution in [0.1, 0.15) is 132 Å². The largest absolute Gasteiger partial charge is 0.0683 e. The van der Waals surface area contributed by atoms with Crippen molar-refractivity contribution in [3.05, 3.63) is 0 Å². The van der Waals surface area contributed by atoms with Gasteiger partial charge in [-0.3, -0.25) is 0 Å². The van der Waals surface area contributed by atoms with Gasteiger partial charge in [0.05, 0.1) is 0 Å². The number of fused-ring (bicyclic) bond motifs is 5. The SMILES string of the molecule is CC.CC.CCCCC1CC[C@@H]2C3CC[C@@H]4C[C@H](C)CCC4(C)C3CCC12C. The van der Waals surface area contributed by atoms with Crippen LogP contribution in [0.25, 0.3) is 0 Å². The average molecular weight is 391 g/mol. The summed E-state index contributed by atoms with van der Waals surface area (Å²) in [5.74, 6) is 6.36. The first-order chi connectivity index (χ1) is 13.5. The van der Waals surface area contributed by atoms with E-state index in [9.17, 15) is 0 Å². The number of hydrogen-bond acceptors (Lipinski definition) is 0. The topological polar surface area (TPSA) is 0 Å². The molecule has 28 heavy (non-hydrogen) atoms. The molecule has 4 fully saturated rings. The molecule has 4 rings (SSSR count). The van der Waals surface area contributed by atoms with E-state index in [0.717, 1.165) is 35.5 Å². The zero-order chi connectivity index (χ0) is 20.9. The van der Waals surface area contributed by atoms with Crippen LogP contribution in [0.15, 0.2) is 0 Å². The van der Waals surface area contributed by atoms with Crippen molar-refractivity contribution in [3.8, 4) is 0 Å². The molecular formula is C28H54. The highest BCUT2D eigenvalue weighted by Crippen LogP contribution is 2.68. The maximum absolute atomic E-state index is 2.73. The van der Waals surface area contributed by atoms with Crippen LogP contribution >= 0.6 is 0 Å². The molecule has 0 radical (unpaired) electrons. The molecule has 0 N–H and O–H groups in total. The van der Waals surface area contributed by atoms with E-state index in [1.165, 1.54) is 25.7 Å². The fourth-order valence-electron chi connectivity index (χ4n) is 8.51. The molecule has 0 saturated heterocycles. The van der Waals surface area contributed by atoms with Crippen LogP contribution in [0, 0.1) is 46.3 Å². The highest BCUT2D eigenvalue weighted by atomic mass is 14.6. The lowest BCUT2D eigenvalue weighted by atomic mass is 9.44. The molecule has 0 aromatic heterocycles. The number of unbranched alkanes of at least 4 members (excludes halogenated alkanes) is 1. The Kier molecular flexibility index (Phi) is 8.97. The molecular weight excluding hydrogens is 336 g/mol. The van der Waals surface area contributed by atoms with Gasteiger partial charge in [-0.2, -0.15) is 0 Å². The Morgan fingerprint density at radius 1 is 0.750 bits per heavy atom. The normalized spacial score (nSPS) is 46.7. The molecule has 0 heteroatoms. The van der Waals surface area contributed by atoms with Crippen molar-refractivity contribution >= 4 is 0 Å². The second-order valence-electron chi connectivity index (χ2n) is 11.0. The van der Waals surface area contributed by atoms with E-state index in [-0.39, 0.29) is 0 Å². The van der Waals surface area contributed by atoms with Crippen LogP contribution in [0.3, 0.4) is 0 Å². The lowest BCUT2D eigenvalue weighted by Gasteiger charge is -2.61. The standard InChI is InChI=1S/C24H42.2C2H6/c1-5-6-7-18-9-11-21-20-10-8-19-16-17(2)12-14-24(19,4)22(20)13-15-23(18,21)3;2*1-2/h17-22H,5-16H2,1-4H3;2*1-2H3/t17-,18?,19-,20?,21-,22?,23?,24?;;/m1../s1. The highest BCUT2D eigenvalue weighted by Gasteiger charge is 2.59. The molecule has 0 aromatic rings. The van der Waals surface area contributed by atoms with Gasteiger partial charge in [0.25, 0.3) is 0 Å². The molecule has 4 saturated carbocycles. The summed E-state index contributed by atoms with van der Waals surface area (Å²) in [6.45, 7) is 18.3. The molecule has 0 heterocycles. The van der Waals surface area contributed by atoms with Crippen LogP contribution < -0.4 is 0 Å². The third-order valence-corrected chi connectivity index (χ3v) is 10.0. The number of rotatable bonds is 3. The van der Waals surface area contributed by atoms with Gasteiger partial charge in [0.15, 0.2) is 0 Å². The smallest absolute Gasteiger partial charge is 0.0266 e. The Labute approximate surface area is 179 Å². The van der Waals surface area contributed by atoms with Crippen molar-refractivity contribution in [3.63, 3.8) is 0 Å². The molecule has 0 spiro atoms.